The molecule has 4 aromatic rings. The van der Waals surface area contributed by atoms with E-state index < -0.39 is 17.8 Å². The first-order chi connectivity index (χ1) is 16.2. The highest BCUT2D eigenvalue weighted by atomic mass is 35.5. The van der Waals surface area contributed by atoms with Gasteiger partial charge in [-0.05, 0) is 36.4 Å². The fraction of sp³-hybridized carbons (Fsp3) is 0.136. The second-order valence-electron chi connectivity index (χ2n) is 7.07. The van der Waals surface area contributed by atoms with Gasteiger partial charge in [-0.25, -0.2) is 9.78 Å². The molecule has 0 radical (unpaired) electrons. The van der Waals surface area contributed by atoms with Crippen LogP contribution in [0, 0.1) is 0 Å². The number of anilines is 2. The minimum Gasteiger partial charge on any atom is -0.495 e. The number of rotatable bonds is 5. The van der Waals surface area contributed by atoms with Gasteiger partial charge < -0.3 is 24.7 Å². The molecule has 0 fully saturated rings. The van der Waals surface area contributed by atoms with Crippen molar-refractivity contribution in [3.8, 4) is 17.4 Å². The normalized spacial score (nSPS) is 11.4. The predicted molar refractivity (Wildman–Crippen MR) is 121 cm³/mol. The van der Waals surface area contributed by atoms with Gasteiger partial charge in [-0.1, -0.05) is 11.6 Å². The lowest BCUT2D eigenvalue weighted by atomic mass is 10.2. The molecule has 8 nitrogen and oxygen atoms in total. The first-order valence-electron chi connectivity index (χ1n) is 9.72. The molecule has 2 heterocycles. The zero-order chi connectivity index (χ0) is 24.5. The summed E-state index contributed by atoms with van der Waals surface area (Å²) in [7, 11) is 3.11. The topological polar surface area (TPSA) is 90.3 Å². The molecule has 0 bridgehead atoms. The van der Waals surface area contributed by atoms with E-state index in [4.69, 9.17) is 21.1 Å². The van der Waals surface area contributed by atoms with Gasteiger partial charge in [0.1, 0.15) is 23.3 Å². The average Bonchev–Trinajstić information content (AvgIpc) is 3.17. The highest BCUT2D eigenvalue weighted by Crippen LogP contribution is 2.35. The van der Waals surface area contributed by atoms with Crippen LogP contribution in [0.25, 0.3) is 11.0 Å². The Morgan fingerprint density at radius 3 is 2.53 bits per heavy atom. The molecular weight excluding hydrogens is 475 g/mol. The fourth-order valence-electron chi connectivity index (χ4n) is 3.19. The zero-order valence-corrected chi connectivity index (χ0v) is 18.5. The zero-order valence-electron chi connectivity index (χ0n) is 17.8. The van der Waals surface area contributed by atoms with E-state index in [9.17, 15) is 18.0 Å². The Balaban J connectivity index is 1.50. The average molecular weight is 492 g/mol. The number of aryl methyl sites for hydroxylation is 1. The number of carbonyl (C=O) groups is 1. The number of hydrogen-bond donors (Lipinski definition) is 2. The lowest BCUT2D eigenvalue weighted by Crippen LogP contribution is -2.20. The number of fused-ring (bicyclic) bond motifs is 1. The smallest absolute Gasteiger partial charge is 0.416 e. The van der Waals surface area contributed by atoms with Crippen LogP contribution in [-0.2, 0) is 13.2 Å². The number of urea groups is 1. The Labute approximate surface area is 196 Å². The third kappa shape index (κ3) is 4.84. The first kappa shape index (κ1) is 23.2. The van der Waals surface area contributed by atoms with E-state index in [1.165, 1.54) is 25.6 Å². The summed E-state index contributed by atoms with van der Waals surface area (Å²) in [5, 5.41) is 4.97. The molecule has 0 saturated heterocycles. The molecule has 12 heteroatoms. The van der Waals surface area contributed by atoms with Crippen LogP contribution in [0.2, 0.25) is 5.02 Å². The molecule has 0 spiro atoms. The van der Waals surface area contributed by atoms with Crippen LogP contribution in [-0.4, -0.2) is 27.7 Å². The number of alkyl halides is 3. The summed E-state index contributed by atoms with van der Waals surface area (Å²) in [4.78, 5) is 20.7. The first-order valence-corrected chi connectivity index (χ1v) is 10.1. The van der Waals surface area contributed by atoms with Gasteiger partial charge in [-0.2, -0.15) is 18.2 Å². The third-order valence-electron chi connectivity index (χ3n) is 4.80. The summed E-state index contributed by atoms with van der Waals surface area (Å²) in [6.45, 7) is 0. The second-order valence-corrected chi connectivity index (χ2v) is 7.48. The van der Waals surface area contributed by atoms with Crippen molar-refractivity contribution in [1.82, 2.24) is 14.5 Å². The summed E-state index contributed by atoms with van der Waals surface area (Å²) < 4.78 is 51.7. The second kappa shape index (κ2) is 9.10. The van der Waals surface area contributed by atoms with Crippen LogP contribution in [0.15, 0.2) is 55.0 Å². The van der Waals surface area contributed by atoms with E-state index in [2.05, 4.69) is 20.6 Å². The summed E-state index contributed by atoms with van der Waals surface area (Å²) in [5.41, 5.74) is 0.527. The van der Waals surface area contributed by atoms with Crippen molar-refractivity contribution < 1.29 is 27.4 Å². The summed E-state index contributed by atoms with van der Waals surface area (Å²) in [5.74, 6) is 0.746. The Morgan fingerprint density at radius 2 is 1.82 bits per heavy atom. The van der Waals surface area contributed by atoms with Crippen LogP contribution < -0.4 is 20.1 Å². The highest BCUT2D eigenvalue weighted by molar-refractivity contribution is 6.34. The molecule has 0 aliphatic rings. The summed E-state index contributed by atoms with van der Waals surface area (Å²) in [6.07, 6.45) is -1.38. The minimum absolute atomic E-state index is 0.0647. The van der Waals surface area contributed by atoms with Gasteiger partial charge in [0, 0.05) is 19.3 Å². The number of carbonyl (C=O) groups excluding carboxylic acids is 1. The van der Waals surface area contributed by atoms with Crippen molar-refractivity contribution in [2.24, 2.45) is 7.05 Å². The number of nitrogens with one attached hydrogen (secondary N) is 2. The van der Waals surface area contributed by atoms with E-state index in [-0.39, 0.29) is 22.1 Å². The maximum Gasteiger partial charge on any atom is 0.416 e. The lowest BCUT2D eigenvalue weighted by molar-refractivity contribution is -0.137. The van der Waals surface area contributed by atoms with Gasteiger partial charge >= 0.3 is 12.2 Å². The van der Waals surface area contributed by atoms with Gasteiger partial charge in [0.05, 0.1) is 34.6 Å². The van der Waals surface area contributed by atoms with Crippen LogP contribution in [0.5, 0.6) is 17.4 Å². The van der Waals surface area contributed by atoms with Gasteiger partial charge in [0.15, 0.2) is 0 Å². The molecule has 0 aliphatic heterocycles. The van der Waals surface area contributed by atoms with Crippen molar-refractivity contribution in [3.05, 3.63) is 65.6 Å². The van der Waals surface area contributed by atoms with Crippen LogP contribution in [0.3, 0.4) is 0 Å². The van der Waals surface area contributed by atoms with E-state index in [1.807, 2.05) is 23.9 Å². The number of hydrogen-bond acceptors (Lipinski definition) is 5. The van der Waals surface area contributed by atoms with E-state index >= 15 is 0 Å². The van der Waals surface area contributed by atoms with Crippen molar-refractivity contribution in [2.45, 2.75) is 6.18 Å². The van der Waals surface area contributed by atoms with Crippen LogP contribution >= 0.6 is 11.6 Å². The number of amides is 2. The van der Waals surface area contributed by atoms with E-state index in [1.54, 1.807) is 6.07 Å². The maximum absolute atomic E-state index is 13.0. The standard InChI is InChI=1S/C22H17ClF3N5O3/c1-31-8-7-16-19(31)20(28-11-27-16)34-13-4-5-15(14(23)10-13)29-21(32)30-17-9-12(22(24,25)26)3-6-18(17)33-2/h3-11H,1-2H3,(H2,29,30,32). The molecule has 0 saturated carbocycles. The molecule has 4 rings (SSSR count). The van der Waals surface area contributed by atoms with Crippen molar-refractivity contribution >= 4 is 40.0 Å². The van der Waals surface area contributed by atoms with E-state index in [0.29, 0.717) is 22.7 Å². The fourth-order valence-corrected chi connectivity index (χ4v) is 3.41. The number of nitrogens with zero attached hydrogens (tertiary/aromatic N) is 3. The summed E-state index contributed by atoms with van der Waals surface area (Å²) in [6, 6.07) is 8.29. The van der Waals surface area contributed by atoms with Crippen molar-refractivity contribution in [2.75, 3.05) is 17.7 Å². The molecule has 0 unspecified atom stereocenters. The van der Waals surface area contributed by atoms with Crippen LogP contribution in [0.1, 0.15) is 5.56 Å². The molecule has 2 amide bonds. The highest BCUT2D eigenvalue weighted by Gasteiger charge is 2.31. The van der Waals surface area contributed by atoms with Crippen molar-refractivity contribution in [1.29, 1.82) is 0 Å². The number of benzene rings is 2. The monoisotopic (exact) mass is 491 g/mol. The van der Waals surface area contributed by atoms with E-state index in [0.717, 1.165) is 18.2 Å². The number of halogens is 4. The van der Waals surface area contributed by atoms with Crippen molar-refractivity contribution in [3.63, 3.8) is 0 Å². The van der Waals surface area contributed by atoms with Gasteiger partial charge in [0.25, 0.3) is 0 Å². The molecule has 2 aromatic carbocycles. The quantitative estimate of drug-likeness (QED) is 0.353. The number of methoxy groups -OCH3 is 1. The number of aromatic nitrogens is 3. The van der Waals surface area contributed by atoms with Gasteiger partial charge in [-0.15, -0.1) is 0 Å². The third-order valence-corrected chi connectivity index (χ3v) is 5.12. The summed E-state index contributed by atoms with van der Waals surface area (Å²) >= 11 is 6.28. The Kier molecular flexibility index (Phi) is 6.20. The molecule has 0 aliphatic carbocycles. The Hall–Kier alpha value is -3.99. The predicted octanol–water partition coefficient (Wildman–Crippen LogP) is 6.09. The minimum atomic E-state index is -4.58. The Morgan fingerprint density at radius 1 is 1.06 bits per heavy atom. The maximum atomic E-state index is 13.0. The lowest BCUT2D eigenvalue weighted by Gasteiger charge is -2.15. The number of ether oxygens (including phenoxy) is 2. The molecule has 2 aromatic heterocycles. The molecule has 176 valence electrons. The molecule has 2 N–H and O–H groups in total. The molecule has 0 atom stereocenters. The Bertz CT molecular complexity index is 1370. The van der Waals surface area contributed by atoms with Crippen LogP contribution in [0.4, 0.5) is 29.3 Å². The largest absolute Gasteiger partial charge is 0.495 e. The molecular formula is C22H17ClF3N5O3. The van der Waals surface area contributed by atoms with Gasteiger partial charge in [0.2, 0.25) is 5.88 Å². The van der Waals surface area contributed by atoms with Gasteiger partial charge in [-0.3, -0.25) is 0 Å². The SMILES string of the molecule is COc1ccc(C(F)(F)F)cc1NC(=O)Nc1ccc(Oc2ncnc3ccn(C)c23)cc1Cl. The molecule has 34 heavy (non-hydrogen) atoms.